The SMILES string of the molecule is CCC(=O)Oc1ccccc1COc1cc(C)c(CC)cc1C(F)F. The molecule has 0 aromatic heterocycles. The standard InChI is InChI=1S/C20H22F2O3/c1-4-14-11-16(20(21)22)18(10-13(14)3)24-12-15-8-6-7-9-17(15)25-19(23)5-2/h6-11,20H,4-5,12H2,1-3H3. The Balaban J connectivity index is 2.24. The van der Waals surface area contributed by atoms with Gasteiger partial charge in [-0.1, -0.05) is 32.0 Å². The lowest BCUT2D eigenvalue weighted by molar-refractivity contribution is -0.134. The smallest absolute Gasteiger partial charge is 0.310 e. The number of carbonyl (C=O) groups is 1. The molecule has 0 aliphatic rings. The van der Waals surface area contributed by atoms with Crippen molar-refractivity contribution in [2.75, 3.05) is 0 Å². The molecule has 2 rings (SSSR count). The average Bonchev–Trinajstić information content (AvgIpc) is 2.60. The van der Waals surface area contributed by atoms with Crippen molar-refractivity contribution in [1.29, 1.82) is 0 Å². The molecule has 0 unspecified atom stereocenters. The normalized spacial score (nSPS) is 10.8. The number of hydrogen-bond acceptors (Lipinski definition) is 3. The van der Waals surface area contributed by atoms with Crippen molar-refractivity contribution in [3.05, 3.63) is 58.7 Å². The van der Waals surface area contributed by atoms with E-state index >= 15 is 0 Å². The third kappa shape index (κ3) is 4.78. The fourth-order valence-electron chi connectivity index (χ4n) is 2.49. The van der Waals surface area contributed by atoms with Crippen molar-refractivity contribution in [2.24, 2.45) is 0 Å². The van der Waals surface area contributed by atoms with E-state index in [0.717, 1.165) is 11.1 Å². The molecule has 0 fully saturated rings. The van der Waals surface area contributed by atoms with Crippen molar-refractivity contribution in [2.45, 2.75) is 46.6 Å². The molecule has 0 atom stereocenters. The van der Waals surface area contributed by atoms with E-state index in [2.05, 4.69) is 0 Å². The zero-order valence-corrected chi connectivity index (χ0v) is 14.6. The molecule has 5 heteroatoms. The minimum Gasteiger partial charge on any atom is -0.488 e. The van der Waals surface area contributed by atoms with E-state index in [1.165, 1.54) is 6.07 Å². The van der Waals surface area contributed by atoms with Crippen molar-refractivity contribution in [1.82, 2.24) is 0 Å². The van der Waals surface area contributed by atoms with Gasteiger partial charge in [-0.25, -0.2) is 8.78 Å². The predicted octanol–water partition coefficient (Wildman–Crippen LogP) is 5.39. The van der Waals surface area contributed by atoms with Gasteiger partial charge in [-0.15, -0.1) is 0 Å². The molecule has 0 N–H and O–H groups in total. The molecule has 0 radical (unpaired) electrons. The second-order valence-corrected chi connectivity index (χ2v) is 5.69. The molecule has 3 nitrogen and oxygen atoms in total. The summed E-state index contributed by atoms with van der Waals surface area (Å²) >= 11 is 0. The molecule has 0 aliphatic heterocycles. The van der Waals surface area contributed by atoms with E-state index in [1.807, 2.05) is 13.8 Å². The summed E-state index contributed by atoms with van der Waals surface area (Å²) < 4.78 is 37.6. The highest BCUT2D eigenvalue weighted by molar-refractivity contribution is 5.72. The first-order chi connectivity index (χ1) is 12.0. The summed E-state index contributed by atoms with van der Waals surface area (Å²) in [6, 6.07) is 10.1. The molecule has 0 saturated heterocycles. The summed E-state index contributed by atoms with van der Waals surface area (Å²) in [5.74, 6) is 0.181. The van der Waals surface area contributed by atoms with Crippen LogP contribution >= 0.6 is 0 Å². The van der Waals surface area contributed by atoms with Gasteiger partial charge >= 0.3 is 5.97 Å². The molecular formula is C20H22F2O3. The molecule has 0 amide bonds. The van der Waals surface area contributed by atoms with E-state index in [0.29, 0.717) is 17.7 Å². The van der Waals surface area contributed by atoms with Crippen molar-refractivity contribution in [3.8, 4) is 11.5 Å². The highest BCUT2D eigenvalue weighted by Crippen LogP contribution is 2.33. The van der Waals surface area contributed by atoms with Gasteiger partial charge in [-0.05, 0) is 42.7 Å². The van der Waals surface area contributed by atoms with Gasteiger partial charge in [-0.2, -0.15) is 0 Å². The van der Waals surface area contributed by atoms with E-state index in [1.54, 1.807) is 37.3 Å². The van der Waals surface area contributed by atoms with Crippen LogP contribution in [0.25, 0.3) is 0 Å². The molecule has 0 spiro atoms. The highest BCUT2D eigenvalue weighted by Gasteiger charge is 2.17. The number of alkyl halides is 2. The van der Waals surface area contributed by atoms with E-state index in [4.69, 9.17) is 9.47 Å². The lowest BCUT2D eigenvalue weighted by atomic mass is 10.0. The van der Waals surface area contributed by atoms with E-state index in [-0.39, 0.29) is 30.3 Å². The molecule has 0 aliphatic carbocycles. The number of aryl methyl sites for hydroxylation is 2. The van der Waals surface area contributed by atoms with Crippen molar-refractivity contribution in [3.63, 3.8) is 0 Å². The second-order valence-electron chi connectivity index (χ2n) is 5.69. The number of benzene rings is 2. The fraction of sp³-hybridized carbons (Fsp3) is 0.350. The summed E-state index contributed by atoms with van der Waals surface area (Å²) in [4.78, 5) is 11.5. The second kappa shape index (κ2) is 8.60. The summed E-state index contributed by atoms with van der Waals surface area (Å²) in [6.45, 7) is 5.54. The number of rotatable bonds is 7. The summed E-state index contributed by atoms with van der Waals surface area (Å²) in [7, 11) is 0. The van der Waals surface area contributed by atoms with Crippen LogP contribution in [-0.4, -0.2) is 5.97 Å². The minimum absolute atomic E-state index is 0.0395. The lowest BCUT2D eigenvalue weighted by Crippen LogP contribution is -2.09. The van der Waals surface area contributed by atoms with Gasteiger partial charge in [0.1, 0.15) is 18.1 Å². The third-order valence-corrected chi connectivity index (χ3v) is 3.95. The zero-order valence-electron chi connectivity index (χ0n) is 14.6. The molecule has 0 heterocycles. The number of ether oxygens (including phenoxy) is 2. The number of esters is 1. The van der Waals surface area contributed by atoms with Crippen LogP contribution in [0, 0.1) is 6.92 Å². The monoisotopic (exact) mass is 348 g/mol. The Hall–Kier alpha value is -2.43. The summed E-state index contributed by atoms with van der Waals surface area (Å²) in [5, 5.41) is 0. The fourth-order valence-corrected chi connectivity index (χ4v) is 2.49. The van der Waals surface area contributed by atoms with Gasteiger partial charge < -0.3 is 9.47 Å². The van der Waals surface area contributed by atoms with Crippen LogP contribution in [0.2, 0.25) is 0 Å². The molecule has 2 aromatic rings. The molecule has 25 heavy (non-hydrogen) atoms. The Morgan fingerprint density at radius 2 is 1.80 bits per heavy atom. The number of hydrogen-bond donors (Lipinski definition) is 0. The Bertz CT molecular complexity index is 742. The minimum atomic E-state index is -2.62. The quantitative estimate of drug-likeness (QED) is 0.497. The van der Waals surface area contributed by atoms with Gasteiger partial charge in [0.25, 0.3) is 6.43 Å². The Morgan fingerprint density at radius 1 is 1.08 bits per heavy atom. The average molecular weight is 348 g/mol. The Labute approximate surface area is 146 Å². The maximum atomic E-state index is 13.3. The first-order valence-electron chi connectivity index (χ1n) is 8.29. The van der Waals surface area contributed by atoms with Crippen LogP contribution in [0.1, 0.15) is 48.9 Å². The van der Waals surface area contributed by atoms with Crippen molar-refractivity contribution >= 4 is 5.97 Å². The molecular weight excluding hydrogens is 326 g/mol. The third-order valence-electron chi connectivity index (χ3n) is 3.95. The van der Waals surface area contributed by atoms with Gasteiger partial charge in [0, 0.05) is 12.0 Å². The van der Waals surface area contributed by atoms with Crippen LogP contribution in [0.4, 0.5) is 8.78 Å². The van der Waals surface area contributed by atoms with Gasteiger partial charge in [0.05, 0.1) is 5.56 Å². The predicted molar refractivity (Wildman–Crippen MR) is 92.2 cm³/mol. The van der Waals surface area contributed by atoms with Crippen LogP contribution < -0.4 is 9.47 Å². The first kappa shape index (κ1) is 18.9. The lowest BCUT2D eigenvalue weighted by Gasteiger charge is -2.16. The molecule has 0 bridgehead atoms. The number of para-hydroxylation sites is 1. The van der Waals surface area contributed by atoms with Gasteiger partial charge in [0.2, 0.25) is 0 Å². The van der Waals surface area contributed by atoms with Gasteiger partial charge in [0.15, 0.2) is 0 Å². The van der Waals surface area contributed by atoms with Crippen LogP contribution in [0.15, 0.2) is 36.4 Å². The highest BCUT2D eigenvalue weighted by atomic mass is 19.3. The van der Waals surface area contributed by atoms with E-state index in [9.17, 15) is 13.6 Å². The van der Waals surface area contributed by atoms with Crippen molar-refractivity contribution < 1.29 is 23.0 Å². The van der Waals surface area contributed by atoms with Gasteiger partial charge in [-0.3, -0.25) is 4.79 Å². The maximum Gasteiger partial charge on any atom is 0.310 e. The van der Waals surface area contributed by atoms with E-state index < -0.39 is 6.43 Å². The van der Waals surface area contributed by atoms with Crippen LogP contribution in [0.3, 0.4) is 0 Å². The molecule has 134 valence electrons. The topological polar surface area (TPSA) is 35.5 Å². The van der Waals surface area contributed by atoms with Crippen LogP contribution in [-0.2, 0) is 17.8 Å². The Morgan fingerprint density at radius 3 is 2.44 bits per heavy atom. The summed E-state index contributed by atoms with van der Waals surface area (Å²) in [5.41, 5.74) is 2.29. The number of halogens is 2. The Kier molecular flexibility index (Phi) is 6.51. The maximum absolute atomic E-state index is 13.3. The largest absolute Gasteiger partial charge is 0.488 e. The molecule has 2 aromatic carbocycles. The zero-order chi connectivity index (χ0) is 18.4. The summed E-state index contributed by atoms with van der Waals surface area (Å²) in [6.07, 6.45) is -1.68. The number of carbonyl (C=O) groups excluding carboxylic acids is 1. The first-order valence-corrected chi connectivity index (χ1v) is 8.29. The molecule has 0 saturated carbocycles. The van der Waals surface area contributed by atoms with Crippen LogP contribution in [0.5, 0.6) is 11.5 Å².